The van der Waals surface area contributed by atoms with Crippen LogP contribution in [0, 0.1) is 5.41 Å². The lowest BCUT2D eigenvalue weighted by atomic mass is 9.85. The second-order valence-electron chi connectivity index (χ2n) is 4.93. The highest BCUT2D eigenvalue weighted by Crippen LogP contribution is 2.28. The van der Waals surface area contributed by atoms with Crippen molar-refractivity contribution in [2.45, 2.75) is 33.2 Å². The van der Waals surface area contributed by atoms with Crippen LogP contribution in [0.4, 0.5) is 5.69 Å². The standard InChI is InChI=1S/C12H19BrN2O/c1-12(2,3)11(5-7-16)15-10-4-6-14-8-9(10)13/h4,6,8,11,16H,5,7H2,1-3H3,(H,14,15). The summed E-state index contributed by atoms with van der Waals surface area (Å²) in [4.78, 5) is 4.02. The Kier molecular flexibility index (Phi) is 4.74. The first-order valence-corrected chi connectivity index (χ1v) is 6.21. The van der Waals surface area contributed by atoms with Crippen molar-refractivity contribution in [1.82, 2.24) is 4.98 Å². The van der Waals surface area contributed by atoms with E-state index in [2.05, 4.69) is 47.0 Å². The van der Waals surface area contributed by atoms with E-state index < -0.39 is 0 Å². The number of hydrogen-bond acceptors (Lipinski definition) is 3. The van der Waals surface area contributed by atoms with Gasteiger partial charge in [0.15, 0.2) is 0 Å². The van der Waals surface area contributed by atoms with Crippen molar-refractivity contribution >= 4 is 21.6 Å². The van der Waals surface area contributed by atoms with Gasteiger partial charge in [-0.25, -0.2) is 0 Å². The average molecular weight is 287 g/mol. The Labute approximate surface area is 105 Å². The molecule has 1 rings (SSSR count). The Balaban J connectivity index is 2.80. The number of halogens is 1. The molecular weight excluding hydrogens is 268 g/mol. The monoisotopic (exact) mass is 286 g/mol. The van der Waals surface area contributed by atoms with Crippen molar-refractivity contribution < 1.29 is 5.11 Å². The second kappa shape index (κ2) is 5.64. The fraction of sp³-hybridized carbons (Fsp3) is 0.583. The molecule has 2 N–H and O–H groups in total. The summed E-state index contributed by atoms with van der Waals surface area (Å²) in [5.41, 5.74) is 1.12. The maximum absolute atomic E-state index is 9.08. The average Bonchev–Trinajstić information content (AvgIpc) is 2.19. The Morgan fingerprint density at radius 3 is 2.69 bits per heavy atom. The van der Waals surface area contributed by atoms with E-state index in [-0.39, 0.29) is 18.1 Å². The SMILES string of the molecule is CC(C)(C)C(CCO)Nc1ccncc1Br. The van der Waals surface area contributed by atoms with Gasteiger partial charge in [0.05, 0.1) is 10.2 Å². The fourth-order valence-electron chi connectivity index (χ4n) is 1.53. The van der Waals surface area contributed by atoms with E-state index in [9.17, 15) is 0 Å². The number of aliphatic hydroxyl groups excluding tert-OH is 1. The number of nitrogens with zero attached hydrogens (tertiary/aromatic N) is 1. The molecule has 0 aliphatic rings. The summed E-state index contributed by atoms with van der Waals surface area (Å²) in [6, 6.07) is 2.16. The molecule has 0 spiro atoms. The molecule has 0 radical (unpaired) electrons. The predicted octanol–water partition coefficient (Wildman–Crippen LogP) is 3.05. The zero-order valence-corrected chi connectivity index (χ0v) is 11.6. The van der Waals surface area contributed by atoms with Crippen LogP contribution in [0.2, 0.25) is 0 Å². The molecule has 1 aromatic heterocycles. The summed E-state index contributed by atoms with van der Waals surface area (Å²) in [6.07, 6.45) is 4.25. The third-order valence-corrected chi connectivity index (χ3v) is 3.20. The van der Waals surface area contributed by atoms with Gasteiger partial charge in [-0.3, -0.25) is 4.98 Å². The molecular formula is C12H19BrN2O. The highest BCUT2D eigenvalue weighted by Gasteiger charge is 2.24. The number of rotatable bonds is 4. The van der Waals surface area contributed by atoms with Crippen LogP contribution in [0.15, 0.2) is 22.9 Å². The number of pyridine rings is 1. The van der Waals surface area contributed by atoms with Crippen LogP contribution >= 0.6 is 15.9 Å². The van der Waals surface area contributed by atoms with Gasteiger partial charge >= 0.3 is 0 Å². The molecule has 0 saturated heterocycles. The van der Waals surface area contributed by atoms with E-state index in [1.165, 1.54) is 0 Å². The maximum Gasteiger partial charge on any atom is 0.0590 e. The molecule has 0 saturated carbocycles. The van der Waals surface area contributed by atoms with Gasteiger partial charge in [0.25, 0.3) is 0 Å². The summed E-state index contributed by atoms with van der Waals surface area (Å²) >= 11 is 3.46. The lowest BCUT2D eigenvalue weighted by molar-refractivity contribution is 0.235. The molecule has 3 nitrogen and oxygen atoms in total. The van der Waals surface area contributed by atoms with Crippen LogP contribution in [0.25, 0.3) is 0 Å². The van der Waals surface area contributed by atoms with E-state index in [1.807, 2.05) is 6.07 Å². The Morgan fingerprint density at radius 2 is 2.19 bits per heavy atom. The van der Waals surface area contributed by atoms with E-state index in [0.717, 1.165) is 16.6 Å². The second-order valence-corrected chi connectivity index (χ2v) is 5.79. The highest BCUT2D eigenvalue weighted by atomic mass is 79.9. The smallest absolute Gasteiger partial charge is 0.0590 e. The van der Waals surface area contributed by atoms with Crippen molar-refractivity contribution in [2.24, 2.45) is 5.41 Å². The van der Waals surface area contributed by atoms with Gasteiger partial charge in [0.1, 0.15) is 0 Å². The molecule has 4 heteroatoms. The van der Waals surface area contributed by atoms with Gasteiger partial charge in [0.2, 0.25) is 0 Å². The lowest BCUT2D eigenvalue weighted by Gasteiger charge is -2.32. The molecule has 0 bridgehead atoms. The van der Waals surface area contributed by atoms with Crippen LogP contribution < -0.4 is 5.32 Å². The predicted molar refractivity (Wildman–Crippen MR) is 70.5 cm³/mol. The first-order chi connectivity index (χ1) is 7.45. The maximum atomic E-state index is 9.08. The minimum absolute atomic E-state index is 0.103. The van der Waals surface area contributed by atoms with Gasteiger partial charge < -0.3 is 10.4 Å². The van der Waals surface area contributed by atoms with Gasteiger partial charge in [-0.05, 0) is 33.8 Å². The Morgan fingerprint density at radius 1 is 1.50 bits per heavy atom. The van der Waals surface area contributed by atoms with Crippen molar-refractivity contribution in [3.05, 3.63) is 22.9 Å². The quantitative estimate of drug-likeness (QED) is 0.894. The summed E-state index contributed by atoms with van der Waals surface area (Å²) in [7, 11) is 0. The van der Waals surface area contributed by atoms with E-state index in [4.69, 9.17) is 5.11 Å². The third-order valence-electron chi connectivity index (χ3n) is 2.57. The molecule has 0 aliphatic carbocycles. The number of anilines is 1. The Bertz CT molecular complexity index is 336. The first kappa shape index (κ1) is 13.5. The molecule has 0 fully saturated rings. The summed E-state index contributed by atoms with van der Waals surface area (Å²) in [5.74, 6) is 0. The van der Waals surface area contributed by atoms with Crippen molar-refractivity contribution in [3.8, 4) is 0 Å². The van der Waals surface area contributed by atoms with Crippen molar-refractivity contribution in [3.63, 3.8) is 0 Å². The number of nitrogens with one attached hydrogen (secondary N) is 1. The van der Waals surface area contributed by atoms with Crippen LogP contribution in [0.5, 0.6) is 0 Å². The summed E-state index contributed by atoms with van der Waals surface area (Å²) in [6.45, 7) is 6.68. The number of aromatic nitrogens is 1. The van der Waals surface area contributed by atoms with Gasteiger partial charge in [0, 0.05) is 25.0 Å². The minimum atomic E-state index is 0.103. The largest absolute Gasteiger partial charge is 0.396 e. The minimum Gasteiger partial charge on any atom is -0.396 e. The first-order valence-electron chi connectivity index (χ1n) is 5.42. The lowest BCUT2D eigenvalue weighted by Crippen LogP contribution is -2.34. The summed E-state index contributed by atoms with van der Waals surface area (Å²) < 4.78 is 0.946. The van der Waals surface area contributed by atoms with Crippen molar-refractivity contribution in [1.29, 1.82) is 0 Å². The van der Waals surface area contributed by atoms with Gasteiger partial charge in [-0.15, -0.1) is 0 Å². The van der Waals surface area contributed by atoms with Gasteiger partial charge in [-0.1, -0.05) is 20.8 Å². The molecule has 90 valence electrons. The summed E-state index contributed by atoms with van der Waals surface area (Å²) in [5, 5.41) is 12.5. The van der Waals surface area contributed by atoms with Crippen LogP contribution in [0.3, 0.4) is 0 Å². The molecule has 1 aromatic rings. The highest BCUT2D eigenvalue weighted by molar-refractivity contribution is 9.10. The number of aliphatic hydroxyl groups is 1. The fourth-order valence-corrected chi connectivity index (χ4v) is 1.90. The molecule has 0 aromatic carbocycles. The van der Waals surface area contributed by atoms with Crippen LogP contribution in [-0.4, -0.2) is 22.7 Å². The molecule has 0 amide bonds. The molecule has 1 heterocycles. The van der Waals surface area contributed by atoms with Gasteiger partial charge in [-0.2, -0.15) is 0 Å². The Hall–Kier alpha value is -0.610. The third kappa shape index (κ3) is 3.76. The zero-order chi connectivity index (χ0) is 12.2. The molecule has 1 unspecified atom stereocenters. The van der Waals surface area contributed by atoms with E-state index in [1.54, 1.807) is 12.4 Å². The van der Waals surface area contributed by atoms with Crippen LogP contribution in [-0.2, 0) is 0 Å². The van der Waals surface area contributed by atoms with E-state index in [0.29, 0.717) is 0 Å². The van der Waals surface area contributed by atoms with E-state index >= 15 is 0 Å². The topological polar surface area (TPSA) is 45.1 Å². The molecule has 0 aliphatic heterocycles. The number of hydrogen-bond donors (Lipinski definition) is 2. The van der Waals surface area contributed by atoms with Crippen molar-refractivity contribution in [2.75, 3.05) is 11.9 Å². The van der Waals surface area contributed by atoms with Crippen LogP contribution in [0.1, 0.15) is 27.2 Å². The zero-order valence-electron chi connectivity index (χ0n) is 10.00. The molecule has 1 atom stereocenters. The normalized spacial score (nSPS) is 13.6. The molecule has 16 heavy (non-hydrogen) atoms.